The number of halogens is 2. The van der Waals surface area contributed by atoms with Gasteiger partial charge in [0.1, 0.15) is 17.4 Å². The normalized spacial score (nSPS) is 19.3. The van der Waals surface area contributed by atoms with E-state index in [-0.39, 0.29) is 28.6 Å². The van der Waals surface area contributed by atoms with E-state index in [0.717, 1.165) is 18.4 Å². The van der Waals surface area contributed by atoms with Gasteiger partial charge in [0, 0.05) is 17.1 Å². The molecule has 29 heavy (non-hydrogen) atoms. The number of rotatable bonds is 5. The number of hydrogen-bond donors (Lipinski definition) is 1. The van der Waals surface area contributed by atoms with Crippen molar-refractivity contribution >= 4 is 0 Å². The molecule has 0 saturated carbocycles. The highest BCUT2D eigenvalue weighted by Gasteiger charge is 2.45. The largest absolute Gasteiger partial charge is 0.497 e. The van der Waals surface area contributed by atoms with Gasteiger partial charge in [-0.3, -0.25) is 0 Å². The first-order valence-corrected chi connectivity index (χ1v) is 10.1. The first-order chi connectivity index (χ1) is 13.5. The summed E-state index contributed by atoms with van der Waals surface area (Å²) in [6.07, 6.45) is 2.36. The molecule has 0 aliphatic carbocycles. The second kappa shape index (κ2) is 8.04. The van der Waals surface area contributed by atoms with Crippen LogP contribution >= 0.6 is 0 Å². The zero-order valence-corrected chi connectivity index (χ0v) is 17.9. The van der Waals surface area contributed by atoms with E-state index in [9.17, 15) is 14.0 Å². The summed E-state index contributed by atoms with van der Waals surface area (Å²) in [5.74, 6) is 0.0626. The number of hydrogen-bond acceptors (Lipinski definition) is 3. The molecule has 1 aliphatic rings. The molecule has 5 heteroatoms. The summed E-state index contributed by atoms with van der Waals surface area (Å²) in [5.41, 5.74) is 1.33. The van der Waals surface area contributed by atoms with Crippen molar-refractivity contribution in [2.75, 3.05) is 7.11 Å². The molecule has 0 unspecified atom stereocenters. The molecule has 0 spiro atoms. The molecular weight excluding hydrogens is 372 g/mol. The molecule has 3 nitrogen and oxygen atoms in total. The Labute approximate surface area is 172 Å². The van der Waals surface area contributed by atoms with Crippen LogP contribution in [0.2, 0.25) is 0 Å². The van der Waals surface area contributed by atoms with Crippen LogP contribution < -0.4 is 4.74 Å². The lowest BCUT2D eigenvalue weighted by Gasteiger charge is -2.51. The van der Waals surface area contributed by atoms with Crippen LogP contribution in [0.1, 0.15) is 63.1 Å². The molecule has 0 bridgehead atoms. The summed E-state index contributed by atoms with van der Waals surface area (Å²) < 4.78 is 34.0. The molecule has 1 saturated heterocycles. The van der Waals surface area contributed by atoms with Crippen LogP contribution in [0, 0.1) is 11.6 Å². The van der Waals surface area contributed by atoms with Crippen molar-refractivity contribution in [2.24, 2.45) is 0 Å². The van der Waals surface area contributed by atoms with Crippen LogP contribution in [0.25, 0.3) is 0 Å². The summed E-state index contributed by atoms with van der Waals surface area (Å²) in [6.45, 7) is 8.04. The van der Waals surface area contributed by atoms with Gasteiger partial charge in [0.25, 0.3) is 0 Å². The SMILES string of the molecule is COc1ccc(CCc2ccc(C3CC(C)(C)N(O)C(C)(C)C3)cc2F)c(F)c1. The Kier molecular flexibility index (Phi) is 6.02. The van der Waals surface area contributed by atoms with E-state index in [4.69, 9.17) is 4.74 Å². The number of methoxy groups -OCH3 is 1. The van der Waals surface area contributed by atoms with E-state index in [1.165, 1.54) is 18.2 Å². The Morgan fingerprint density at radius 3 is 1.93 bits per heavy atom. The van der Waals surface area contributed by atoms with Gasteiger partial charge in [-0.2, -0.15) is 5.06 Å². The Bertz CT molecular complexity index is 861. The van der Waals surface area contributed by atoms with E-state index in [2.05, 4.69) is 0 Å². The maximum absolute atomic E-state index is 14.8. The number of ether oxygens (including phenoxy) is 1. The maximum atomic E-state index is 14.8. The Hall–Kier alpha value is -1.98. The van der Waals surface area contributed by atoms with Crippen molar-refractivity contribution in [3.8, 4) is 5.75 Å². The molecule has 1 aliphatic heterocycles. The van der Waals surface area contributed by atoms with Gasteiger partial charge in [0.2, 0.25) is 0 Å². The van der Waals surface area contributed by atoms with Crippen LogP contribution in [-0.2, 0) is 12.8 Å². The second-order valence-electron chi connectivity index (χ2n) is 9.35. The van der Waals surface area contributed by atoms with Crippen LogP contribution in [0.5, 0.6) is 5.75 Å². The predicted molar refractivity (Wildman–Crippen MR) is 111 cm³/mol. The summed E-state index contributed by atoms with van der Waals surface area (Å²) in [7, 11) is 1.50. The van der Waals surface area contributed by atoms with E-state index < -0.39 is 0 Å². The number of hydroxylamine groups is 2. The molecular formula is C24H31F2NO2. The highest BCUT2D eigenvalue weighted by atomic mass is 19.1. The summed E-state index contributed by atoms with van der Waals surface area (Å²) in [6, 6.07) is 10.2. The fourth-order valence-electron chi connectivity index (χ4n) is 4.65. The summed E-state index contributed by atoms with van der Waals surface area (Å²) in [5, 5.41) is 11.9. The van der Waals surface area contributed by atoms with E-state index in [1.807, 2.05) is 39.8 Å². The molecule has 3 rings (SSSR count). The standard InChI is InChI=1S/C24H31F2NO2/c1-23(2)14-19(15-24(3,4)27(23)28)18-9-8-16(21(25)12-18)6-7-17-10-11-20(29-5)13-22(17)26/h8-13,19,28H,6-7,14-15H2,1-5H3. The molecule has 1 heterocycles. The minimum absolute atomic E-state index is 0.172. The molecule has 1 N–H and O–H groups in total. The number of benzene rings is 2. The average Bonchev–Trinajstić information content (AvgIpc) is 2.65. The first-order valence-electron chi connectivity index (χ1n) is 10.1. The van der Waals surface area contributed by atoms with Crippen molar-refractivity contribution in [3.05, 3.63) is 64.7 Å². The van der Waals surface area contributed by atoms with Crippen LogP contribution in [0.15, 0.2) is 36.4 Å². The molecule has 158 valence electrons. The van der Waals surface area contributed by atoms with Crippen molar-refractivity contribution in [2.45, 2.75) is 70.4 Å². The Balaban J connectivity index is 1.74. The van der Waals surface area contributed by atoms with Gasteiger partial charge in [-0.1, -0.05) is 18.2 Å². The molecule has 0 aromatic heterocycles. The lowest BCUT2D eigenvalue weighted by molar-refractivity contribution is -0.245. The maximum Gasteiger partial charge on any atom is 0.130 e. The van der Waals surface area contributed by atoms with Gasteiger partial charge in [0.15, 0.2) is 0 Å². The molecule has 0 atom stereocenters. The van der Waals surface area contributed by atoms with Crippen molar-refractivity contribution < 1.29 is 18.7 Å². The van der Waals surface area contributed by atoms with Crippen molar-refractivity contribution in [1.82, 2.24) is 5.06 Å². The van der Waals surface area contributed by atoms with Crippen molar-refractivity contribution in [1.29, 1.82) is 0 Å². The van der Waals surface area contributed by atoms with Crippen LogP contribution in [-0.4, -0.2) is 28.5 Å². The quantitative estimate of drug-likeness (QED) is 0.676. The predicted octanol–water partition coefficient (Wildman–Crippen LogP) is 5.88. The van der Waals surface area contributed by atoms with Crippen molar-refractivity contribution in [3.63, 3.8) is 0 Å². The summed E-state index contributed by atoms with van der Waals surface area (Å²) in [4.78, 5) is 0. The third-order valence-corrected chi connectivity index (χ3v) is 6.11. The molecule has 0 radical (unpaired) electrons. The third-order valence-electron chi connectivity index (χ3n) is 6.11. The van der Waals surface area contributed by atoms with Gasteiger partial charge < -0.3 is 9.94 Å². The lowest BCUT2D eigenvalue weighted by atomic mass is 9.72. The van der Waals surface area contributed by atoms with Crippen LogP contribution in [0.3, 0.4) is 0 Å². The fraction of sp³-hybridized carbons (Fsp3) is 0.500. The van der Waals surface area contributed by atoms with E-state index in [1.54, 1.807) is 18.2 Å². The Morgan fingerprint density at radius 1 is 0.931 bits per heavy atom. The highest BCUT2D eigenvalue weighted by Crippen LogP contribution is 2.44. The molecule has 2 aromatic carbocycles. The van der Waals surface area contributed by atoms with Gasteiger partial charge in [-0.05, 0) is 88.1 Å². The number of aryl methyl sites for hydroxylation is 2. The number of piperidine rings is 1. The topological polar surface area (TPSA) is 32.7 Å². The molecule has 0 amide bonds. The highest BCUT2D eigenvalue weighted by molar-refractivity contribution is 5.32. The smallest absolute Gasteiger partial charge is 0.130 e. The van der Waals surface area contributed by atoms with E-state index in [0.29, 0.717) is 29.7 Å². The molecule has 1 fully saturated rings. The summed E-state index contributed by atoms with van der Waals surface area (Å²) >= 11 is 0. The minimum atomic E-state index is -0.381. The zero-order valence-electron chi connectivity index (χ0n) is 17.9. The molecule has 2 aromatic rings. The van der Waals surface area contributed by atoms with Gasteiger partial charge in [-0.25, -0.2) is 8.78 Å². The monoisotopic (exact) mass is 403 g/mol. The van der Waals surface area contributed by atoms with Gasteiger partial charge >= 0.3 is 0 Å². The number of nitrogens with zero attached hydrogens (tertiary/aromatic N) is 1. The lowest BCUT2D eigenvalue weighted by Crippen LogP contribution is -2.58. The fourth-order valence-corrected chi connectivity index (χ4v) is 4.65. The second-order valence-corrected chi connectivity index (χ2v) is 9.35. The van der Waals surface area contributed by atoms with Gasteiger partial charge in [-0.15, -0.1) is 0 Å². The third kappa shape index (κ3) is 4.62. The zero-order chi connectivity index (χ0) is 21.4. The first kappa shape index (κ1) is 21.7. The minimum Gasteiger partial charge on any atom is -0.497 e. The van der Waals surface area contributed by atoms with Gasteiger partial charge in [0.05, 0.1) is 7.11 Å². The Morgan fingerprint density at radius 2 is 1.45 bits per heavy atom. The van der Waals surface area contributed by atoms with Crippen LogP contribution in [0.4, 0.5) is 8.78 Å². The van der Waals surface area contributed by atoms with E-state index >= 15 is 0 Å². The average molecular weight is 404 g/mol.